The van der Waals surface area contributed by atoms with E-state index in [2.05, 4.69) is 36.7 Å². The molecule has 34 heavy (non-hydrogen) atoms. The number of hydrogen-bond acceptors (Lipinski definition) is 6. The second-order valence-corrected chi connectivity index (χ2v) is 10.2. The summed E-state index contributed by atoms with van der Waals surface area (Å²) in [4.78, 5) is 17.9. The summed E-state index contributed by atoms with van der Waals surface area (Å²) in [6, 6.07) is 6.27. The van der Waals surface area contributed by atoms with Crippen molar-refractivity contribution in [3.8, 4) is 11.5 Å². The Hall–Kier alpha value is -2.61. The van der Waals surface area contributed by atoms with Gasteiger partial charge in [-0.05, 0) is 62.8 Å². The molecule has 2 fully saturated rings. The highest BCUT2D eigenvalue weighted by molar-refractivity contribution is 5.79. The van der Waals surface area contributed by atoms with Crippen LogP contribution >= 0.6 is 0 Å². The Balaban J connectivity index is 1.12. The highest BCUT2D eigenvalue weighted by Gasteiger charge is 2.33. The first-order valence-electron chi connectivity index (χ1n) is 13.1. The largest absolute Gasteiger partial charge is 0.486 e. The van der Waals surface area contributed by atoms with Crippen LogP contribution in [0.1, 0.15) is 74.1 Å². The summed E-state index contributed by atoms with van der Waals surface area (Å²) < 4.78 is 13.8. The number of aromatic nitrogens is 3. The van der Waals surface area contributed by atoms with Gasteiger partial charge in [0.25, 0.3) is 0 Å². The van der Waals surface area contributed by atoms with Gasteiger partial charge in [-0.1, -0.05) is 12.5 Å². The van der Waals surface area contributed by atoms with Crippen molar-refractivity contribution >= 4 is 5.91 Å². The Bertz CT molecular complexity index is 1040. The first-order chi connectivity index (χ1) is 16.8. The van der Waals surface area contributed by atoms with E-state index in [4.69, 9.17) is 9.47 Å². The number of carbonyl (C=O) groups is 1. The van der Waals surface area contributed by atoms with Crippen LogP contribution in [0.3, 0.4) is 0 Å². The molecule has 8 nitrogen and oxygen atoms in total. The molecule has 0 saturated carbocycles. The fraction of sp³-hybridized carbons (Fsp3) is 0.654. The highest BCUT2D eigenvalue weighted by atomic mass is 16.6. The minimum absolute atomic E-state index is 0.121. The summed E-state index contributed by atoms with van der Waals surface area (Å²) in [6.07, 6.45) is 9.01. The highest BCUT2D eigenvalue weighted by Crippen LogP contribution is 2.38. The van der Waals surface area contributed by atoms with Crippen LogP contribution in [0, 0.1) is 0 Å². The van der Waals surface area contributed by atoms with E-state index >= 15 is 0 Å². The van der Waals surface area contributed by atoms with Crippen LogP contribution in [0.2, 0.25) is 0 Å². The van der Waals surface area contributed by atoms with E-state index in [9.17, 15) is 4.79 Å². The van der Waals surface area contributed by atoms with Crippen molar-refractivity contribution < 1.29 is 14.3 Å². The summed E-state index contributed by atoms with van der Waals surface area (Å²) in [5, 5.41) is 9.13. The van der Waals surface area contributed by atoms with Gasteiger partial charge in [0.05, 0.1) is 12.6 Å². The molecule has 0 radical (unpaired) electrons. The molecule has 2 unspecified atom stereocenters. The Morgan fingerprint density at radius 3 is 2.76 bits per heavy atom. The topological polar surface area (TPSA) is 72.7 Å². The maximum Gasteiger partial charge on any atom is 0.237 e. The number of nitrogens with zero attached hydrogens (tertiary/aromatic N) is 5. The Labute approximate surface area is 201 Å². The van der Waals surface area contributed by atoms with Gasteiger partial charge in [-0.25, -0.2) is 0 Å². The van der Waals surface area contributed by atoms with Gasteiger partial charge in [-0.2, -0.15) is 0 Å². The van der Waals surface area contributed by atoms with Crippen molar-refractivity contribution in [2.75, 3.05) is 39.4 Å². The molecule has 1 aromatic heterocycles. The van der Waals surface area contributed by atoms with Gasteiger partial charge in [-0.15, -0.1) is 10.2 Å². The van der Waals surface area contributed by atoms with Crippen molar-refractivity contribution in [3.63, 3.8) is 0 Å². The van der Waals surface area contributed by atoms with Gasteiger partial charge in [0.2, 0.25) is 5.91 Å². The molecule has 0 bridgehead atoms. The fourth-order valence-corrected chi connectivity index (χ4v) is 6.18. The SMILES string of the molecule is O=C(CN1CCCC(c2nnc3n2CCCCC3)C1)N1CCCC1c1ccc2c(c1)OCCO2. The molecule has 2 saturated heterocycles. The molecule has 2 atom stereocenters. The molecule has 0 spiro atoms. The van der Waals surface area contributed by atoms with Crippen molar-refractivity contribution in [2.24, 2.45) is 0 Å². The zero-order valence-electron chi connectivity index (χ0n) is 20.0. The second-order valence-electron chi connectivity index (χ2n) is 10.2. The molecule has 4 aliphatic rings. The third kappa shape index (κ3) is 4.28. The van der Waals surface area contributed by atoms with E-state index in [-0.39, 0.29) is 11.9 Å². The lowest BCUT2D eigenvalue weighted by molar-refractivity contribution is -0.133. The number of amides is 1. The summed E-state index contributed by atoms with van der Waals surface area (Å²) >= 11 is 0. The van der Waals surface area contributed by atoms with Crippen LogP contribution in [0.4, 0.5) is 0 Å². The summed E-state index contributed by atoms with van der Waals surface area (Å²) in [5.41, 5.74) is 1.15. The average molecular weight is 466 g/mol. The van der Waals surface area contributed by atoms with Gasteiger partial charge >= 0.3 is 0 Å². The van der Waals surface area contributed by atoms with Crippen molar-refractivity contribution in [1.29, 1.82) is 0 Å². The van der Waals surface area contributed by atoms with Crippen LogP contribution in [-0.2, 0) is 17.8 Å². The molecular weight excluding hydrogens is 430 g/mol. The van der Waals surface area contributed by atoms with E-state index in [1.54, 1.807) is 0 Å². The second kappa shape index (κ2) is 9.56. The van der Waals surface area contributed by atoms with Gasteiger partial charge in [0.15, 0.2) is 11.5 Å². The van der Waals surface area contributed by atoms with Crippen LogP contribution in [0.15, 0.2) is 18.2 Å². The zero-order chi connectivity index (χ0) is 22.9. The van der Waals surface area contributed by atoms with Crippen LogP contribution in [-0.4, -0.2) is 69.9 Å². The number of carbonyl (C=O) groups excluding carboxylic acids is 1. The maximum atomic E-state index is 13.5. The number of fused-ring (bicyclic) bond motifs is 2. The Morgan fingerprint density at radius 2 is 1.82 bits per heavy atom. The number of benzene rings is 1. The molecule has 1 amide bonds. The minimum Gasteiger partial charge on any atom is -0.486 e. The fourth-order valence-electron chi connectivity index (χ4n) is 6.18. The van der Waals surface area contributed by atoms with Gasteiger partial charge < -0.3 is 18.9 Å². The first kappa shape index (κ1) is 21.9. The summed E-state index contributed by atoms with van der Waals surface area (Å²) in [6.45, 7) is 5.39. The maximum absolute atomic E-state index is 13.5. The van der Waals surface area contributed by atoms with E-state index in [0.29, 0.717) is 25.7 Å². The Kier molecular flexibility index (Phi) is 6.16. The van der Waals surface area contributed by atoms with E-state index < -0.39 is 0 Å². The lowest BCUT2D eigenvalue weighted by Crippen LogP contribution is -2.44. The molecule has 1 aromatic carbocycles. The molecule has 0 N–H and O–H groups in total. The smallest absolute Gasteiger partial charge is 0.237 e. The van der Waals surface area contributed by atoms with Crippen LogP contribution < -0.4 is 9.47 Å². The average Bonchev–Trinajstić information content (AvgIpc) is 3.46. The van der Waals surface area contributed by atoms with Crippen molar-refractivity contribution in [3.05, 3.63) is 35.4 Å². The third-order valence-corrected chi connectivity index (χ3v) is 7.89. The van der Waals surface area contributed by atoms with Gasteiger partial charge in [0.1, 0.15) is 24.9 Å². The monoisotopic (exact) mass is 465 g/mol. The molecular formula is C26H35N5O3. The summed E-state index contributed by atoms with van der Waals surface area (Å²) in [5.74, 6) is 4.50. The third-order valence-electron chi connectivity index (χ3n) is 7.89. The zero-order valence-corrected chi connectivity index (χ0v) is 20.0. The molecule has 6 rings (SSSR count). The molecule has 8 heteroatoms. The van der Waals surface area contributed by atoms with Gasteiger partial charge in [-0.3, -0.25) is 9.69 Å². The predicted molar refractivity (Wildman–Crippen MR) is 127 cm³/mol. The number of hydrogen-bond donors (Lipinski definition) is 0. The molecule has 2 aromatic rings. The van der Waals surface area contributed by atoms with Crippen molar-refractivity contribution in [1.82, 2.24) is 24.6 Å². The van der Waals surface area contributed by atoms with E-state index in [1.807, 2.05) is 6.07 Å². The van der Waals surface area contributed by atoms with Crippen LogP contribution in [0.25, 0.3) is 0 Å². The summed E-state index contributed by atoms with van der Waals surface area (Å²) in [7, 11) is 0. The molecule has 5 heterocycles. The number of piperidine rings is 1. The number of aryl methyl sites for hydroxylation is 1. The molecule has 182 valence electrons. The quantitative estimate of drug-likeness (QED) is 0.690. The lowest BCUT2D eigenvalue weighted by Gasteiger charge is -2.34. The predicted octanol–water partition coefficient (Wildman–Crippen LogP) is 3.32. The lowest BCUT2D eigenvalue weighted by atomic mass is 9.97. The number of likely N-dealkylation sites (tertiary alicyclic amines) is 2. The number of rotatable bonds is 4. The molecule has 0 aliphatic carbocycles. The molecule has 4 aliphatic heterocycles. The minimum atomic E-state index is 0.121. The Morgan fingerprint density at radius 1 is 0.941 bits per heavy atom. The van der Waals surface area contributed by atoms with Gasteiger partial charge in [0, 0.05) is 32.0 Å². The first-order valence-corrected chi connectivity index (χ1v) is 13.1. The van der Waals surface area contributed by atoms with E-state index in [1.165, 1.54) is 19.3 Å². The normalized spacial score (nSPS) is 25.1. The van der Waals surface area contributed by atoms with Crippen LogP contribution in [0.5, 0.6) is 11.5 Å². The standard InChI is InChI=1S/C26H35N5O3/c32-25(30-13-5-7-21(30)19-9-10-22-23(16-19)34-15-14-33-22)18-29-11-4-6-20(17-29)26-28-27-24-8-2-1-3-12-31(24)26/h9-10,16,20-21H,1-8,11-15,17-18H2. The number of ether oxygens (including phenoxy) is 2. The van der Waals surface area contributed by atoms with E-state index in [0.717, 1.165) is 87.0 Å². The van der Waals surface area contributed by atoms with Crippen molar-refractivity contribution in [2.45, 2.75) is 69.9 Å².